The fourth-order valence-electron chi connectivity index (χ4n) is 3.21. The van der Waals surface area contributed by atoms with E-state index in [0.29, 0.717) is 16.4 Å². The molecule has 8 heteroatoms. The monoisotopic (exact) mass is 521 g/mol. The third-order valence-electron chi connectivity index (χ3n) is 5.03. The van der Waals surface area contributed by atoms with Gasteiger partial charge < -0.3 is 0 Å². The maximum atomic E-state index is 14.6. The van der Waals surface area contributed by atoms with Crippen LogP contribution in [0.1, 0.15) is 36.0 Å². The second-order valence-electron chi connectivity index (χ2n) is 7.04. The van der Waals surface area contributed by atoms with Crippen molar-refractivity contribution in [2.24, 2.45) is 0 Å². The van der Waals surface area contributed by atoms with Gasteiger partial charge in [0.1, 0.15) is 5.82 Å². The summed E-state index contributed by atoms with van der Waals surface area (Å²) in [6.45, 7) is 5.08. The summed E-state index contributed by atoms with van der Waals surface area (Å²) in [6.07, 6.45) is 2.47. The molecule has 0 heterocycles. The van der Waals surface area contributed by atoms with Crippen LogP contribution in [0.4, 0.5) is 18.9 Å². The van der Waals surface area contributed by atoms with Gasteiger partial charge in [-0.25, -0.2) is 21.6 Å². The van der Waals surface area contributed by atoms with Crippen LogP contribution < -0.4 is 4.72 Å². The zero-order chi connectivity index (χ0) is 20.7. The van der Waals surface area contributed by atoms with E-state index < -0.39 is 32.2 Å². The lowest BCUT2D eigenvalue weighted by Crippen LogP contribution is -2.30. The number of aryl methyl sites for hydroxylation is 1. The Bertz CT molecular complexity index is 1050. The van der Waals surface area contributed by atoms with Crippen LogP contribution >= 0.6 is 22.6 Å². The molecule has 3 rings (SSSR count). The molecule has 150 valence electrons. The first-order valence-electron chi connectivity index (χ1n) is 8.65. The van der Waals surface area contributed by atoms with Gasteiger partial charge in [-0.1, -0.05) is 12.1 Å². The summed E-state index contributed by atoms with van der Waals surface area (Å²) in [4.78, 5) is 0. The molecule has 0 saturated heterocycles. The van der Waals surface area contributed by atoms with E-state index in [4.69, 9.17) is 0 Å². The molecule has 2 aromatic rings. The molecule has 1 fully saturated rings. The number of anilines is 1. The van der Waals surface area contributed by atoms with Gasteiger partial charge in [0.25, 0.3) is 0 Å². The van der Waals surface area contributed by atoms with Crippen molar-refractivity contribution >= 4 is 38.3 Å². The third-order valence-corrected chi connectivity index (χ3v) is 7.89. The van der Waals surface area contributed by atoms with Crippen molar-refractivity contribution in [2.75, 3.05) is 4.72 Å². The lowest BCUT2D eigenvalue weighted by atomic mass is 9.99. The van der Waals surface area contributed by atoms with Crippen molar-refractivity contribution in [3.63, 3.8) is 0 Å². The van der Waals surface area contributed by atoms with Gasteiger partial charge in [0.15, 0.2) is 11.6 Å². The minimum Gasteiger partial charge on any atom is -0.282 e. The highest BCUT2D eigenvalue weighted by atomic mass is 127. The molecule has 2 aromatic carbocycles. The van der Waals surface area contributed by atoms with Gasteiger partial charge in [-0.3, -0.25) is 4.72 Å². The highest BCUT2D eigenvalue weighted by molar-refractivity contribution is 14.1. The van der Waals surface area contributed by atoms with Crippen LogP contribution in [0.5, 0.6) is 0 Å². The average molecular weight is 521 g/mol. The molecule has 0 aliphatic heterocycles. The van der Waals surface area contributed by atoms with Crippen LogP contribution in [-0.4, -0.2) is 13.2 Å². The predicted octanol–water partition coefficient (Wildman–Crippen LogP) is 5.46. The topological polar surface area (TPSA) is 46.2 Å². The minimum absolute atomic E-state index is 0.0350. The highest BCUT2D eigenvalue weighted by Crippen LogP contribution is 2.47. The Labute approximate surface area is 176 Å². The summed E-state index contributed by atoms with van der Waals surface area (Å²) < 4.78 is 70.8. The van der Waals surface area contributed by atoms with Gasteiger partial charge in [0, 0.05) is 15.6 Å². The van der Waals surface area contributed by atoms with E-state index in [-0.39, 0.29) is 35.2 Å². The molecule has 0 radical (unpaired) electrons. The van der Waals surface area contributed by atoms with Gasteiger partial charge in [-0.05, 0) is 78.1 Å². The van der Waals surface area contributed by atoms with E-state index in [2.05, 4.69) is 11.3 Å². The summed E-state index contributed by atoms with van der Waals surface area (Å²) in [5.41, 5.74) is 0.137. The maximum Gasteiger partial charge on any atom is 0.238 e. The van der Waals surface area contributed by atoms with Gasteiger partial charge >= 0.3 is 0 Å². The Hall–Kier alpha value is -1.55. The van der Waals surface area contributed by atoms with Gasteiger partial charge in [-0.15, -0.1) is 6.58 Å². The van der Waals surface area contributed by atoms with E-state index in [1.807, 2.05) is 22.6 Å². The lowest BCUT2D eigenvalue weighted by molar-refractivity contribution is 0.499. The Morgan fingerprint density at radius 3 is 2.46 bits per heavy atom. The minimum atomic E-state index is -3.85. The zero-order valence-electron chi connectivity index (χ0n) is 15.2. The van der Waals surface area contributed by atoms with Crippen molar-refractivity contribution in [1.82, 2.24) is 0 Å². The van der Waals surface area contributed by atoms with E-state index in [1.165, 1.54) is 25.1 Å². The molecule has 0 atom stereocenters. The smallest absolute Gasteiger partial charge is 0.238 e. The SMILES string of the molecule is C=CCC1(S(=O)(=O)Nc2c(C)cc(F)c(F)c2Cc2ccc(I)cc2F)CC1. The van der Waals surface area contributed by atoms with Crippen molar-refractivity contribution in [1.29, 1.82) is 0 Å². The predicted molar refractivity (Wildman–Crippen MR) is 112 cm³/mol. The first-order valence-corrected chi connectivity index (χ1v) is 11.2. The van der Waals surface area contributed by atoms with Crippen molar-refractivity contribution in [3.8, 4) is 0 Å². The second kappa shape index (κ2) is 7.70. The molecule has 0 bridgehead atoms. The van der Waals surface area contributed by atoms with Gasteiger partial charge in [0.2, 0.25) is 10.0 Å². The first kappa shape index (κ1) is 21.2. The number of hydrogen-bond donors (Lipinski definition) is 1. The van der Waals surface area contributed by atoms with Crippen LogP contribution in [0.2, 0.25) is 0 Å². The number of hydrogen-bond acceptors (Lipinski definition) is 2. The zero-order valence-corrected chi connectivity index (χ0v) is 18.1. The van der Waals surface area contributed by atoms with Crippen LogP contribution in [0.25, 0.3) is 0 Å². The third kappa shape index (κ3) is 3.94. The summed E-state index contributed by atoms with van der Waals surface area (Å²) in [7, 11) is -3.85. The number of halogens is 4. The van der Waals surface area contributed by atoms with Crippen molar-refractivity contribution in [2.45, 2.75) is 37.4 Å². The largest absolute Gasteiger partial charge is 0.282 e. The summed E-state index contributed by atoms with van der Waals surface area (Å²) in [5, 5.41) is 0. The molecule has 0 aromatic heterocycles. The Morgan fingerprint density at radius 2 is 1.89 bits per heavy atom. The molecule has 0 unspecified atom stereocenters. The molecule has 1 saturated carbocycles. The van der Waals surface area contributed by atoms with Crippen LogP contribution in [-0.2, 0) is 16.4 Å². The van der Waals surface area contributed by atoms with E-state index in [9.17, 15) is 21.6 Å². The Balaban J connectivity index is 2.06. The van der Waals surface area contributed by atoms with E-state index in [1.54, 1.807) is 6.07 Å². The second-order valence-corrected chi connectivity index (χ2v) is 10.4. The van der Waals surface area contributed by atoms with Crippen LogP contribution in [0, 0.1) is 27.9 Å². The number of nitrogens with one attached hydrogen (secondary N) is 1. The quantitative estimate of drug-likeness (QED) is 0.389. The van der Waals surface area contributed by atoms with Crippen molar-refractivity contribution < 1.29 is 21.6 Å². The number of allylic oxidation sites excluding steroid dienone is 1. The average Bonchev–Trinajstić information content (AvgIpc) is 3.39. The molecule has 1 aliphatic rings. The van der Waals surface area contributed by atoms with E-state index in [0.717, 1.165) is 6.07 Å². The van der Waals surface area contributed by atoms with Crippen LogP contribution in [0.15, 0.2) is 36.9 Å². The molecule has 1 aliphatic carbocycles. The summed E-state index contributed by atoms with van der Waals surface area (Å²) in [6, 6.07) is 5.35. The molecular weight excluding hydrogens is 502 g/mol. The number of rotatable bonds is 7. The number of sulfonamides is 1. The molecular formula is C20H19F3INO2S. The fraction of sp³-hybridized carbons (Fsp3) is 0.300. The molecule has 28 heavy (non-hydrogen) atoms. The number of benzene rings is 2. The lowest BCUT2D eigenvalue weighted by Gasteiger charge is -2.21. The molecule has 0 amide bonds. The normalized spacial score (nSPS) is 15.3. The standard InChI is InChI=1S/C20H19F3INO2S/c1-3-6-20(7-8-20)28(26,27)25-19-12(2)9-17(22)18(23)15(19)10-13-4-5-14(24)11-16(13)21/h3-5,9,11,25H,1,6-8,10H2,2H3. The fourth-order valence-corrected chi connectivity index (χ4v) is 5.41. The molecule has 3 nitrogen and oxygen atoms in total. The first-order chi connectivity index (χ1) is 13.1. The van der Waals surface area contributed by atoms with Crippen LogP contribution in [0.3, 0.4) is 0 Å². The summed E-state index contributed by atoms with van der Waals surface area (Å²) >= 11 is 1.94. The highest BCUT2D eigenvalue weighted by Gasteiger charge is 2.53. The van der Waals surface area contributed by atoms with Crippen molar-refractivity contribution in [3.05, 3.63) is 74.6 Å². The summed E-state index contributed by atoms with van der Waals surface area (Å²) in [5.74, 6) is -2.85. The Morgan fingerprint density at radius 1 is 1.21 bits per heavy atom. The molecule has 1 N–H and O–H groups in total. The van der Waals surface area contributed by atoms with Gasteiger partial charge in [-0.2, -0.15) is 0 Å². The van der Waals surface area contributed by atoms with Gasteiger partial charge in [0.05, 0.1) is 10.4 Å². The Kier molecular flexibility index (Phi) is 5.82. The van der Waals surface area contributed by atoms with E-state index >= 15 is 0 Å². The molecule has 0 spiro atoms. The maximum absolute atomic E-state index is 14.6.